The van der Waals surface area contributed by atoms with Gasteiger partial charge in [0.05, 0.1) is 36.2 Å². The second-order valence-electron chi connectivity index (χ2n) is 9.09. The quantitative estimate of drug-likeness (QED) is 0.409. The summed E-state index contributed by atoms with van der Waals surface area (Å²) >= 11 is 0. The Morgan fingerprint density at radius 1 is 1.22 bits per heavy atom. The number of aliphatic hydroxyl groups excluding tert-OH is 2. The summed E-state index contributed by atoms with van der Waals surface area (Å²) in [5.74, 6) is -2.37. The van der Waals surface area contributed by atoms with E-state index in [0.29, 0.717) is 29.7 Å². The van der Waals surface area contributed by atoms with E-state index >= 15 is 4.39 Å². The molecule has 7 nitrogen and oxygen atoms in total. The molecule has 0 bridgehead atoms. The van der Waals surface area contributed by atoms with Crippen LogP contribution in [-0.2, 0) is 0 Å². The molecule has 2 aromatic carbocycles. The molecule has 1 saturated carbocycles. The van der Waals surface area contributed by atoms with Crippen LogP contribution in [-0.4, -0.2) is 45.0 Å². The van der Waals surface area contributed by atoms with E-state index < -0.39 is 42.5 Å². The summed E-state index contributed by atoms with van der Waals surface area (Å²) in [5, 5.41) is 21.9. The zero-order chi connectivity index (χ0) is 26.0. The molecule has 4 rings (SSSR count). The number of benzene rings is 2. The maximum absolute atomic E-state index is 15.0. The van der Waals surface area contributed by atoms with E-state index in [1.54, 1.807) is 13.0 Å². The van der Waals surface area contributed by atoms with Gasteiger partial charge in [-0.1, -0.05) is 12.1 Å². The highest BCUT2D eigenvalue weighted by Gasteiger charge is 2.31. The minimum atomic E-state index is -1.36. The lowest BCUT2D eigenvalue weighted by Gasteiger charge is -2.28. The van der Waals surface area contributed by atoms with Gasteiger partial charge < -0.3 is 21.3 Å². The first-order chi connectivity index (χ1) is 17.2. The summed E-state index contributed by atoms with van der Waals surface area (Å²) in [6.45, 7) is 1.17. The normalized spacial score (nSPS) is 20.7. The van der Waals surface area contributed by atoms with Gasteiger partial charge in [-0.3, -0.25) is 4.79 Å². The van der Waals surface area contributed by atoms with Crippen LogP contribution in [0.2, 0.25) is 0 Å². The number of amides is 1. The number of nitrogens with one attached hydrogen (secondary N) is 1. The highest BCUT2D eigenvalue weighted by Crippen LogP contribution is 2.35. The average molecular weight is 501 g/mol. The molecule has 0 radical (unpaired) electrons. The van der Waals surface area contributed by atoms with E-state index in [1.165, 1.54) is 30.5 Å². The highest BCUT2D eigenvalue weighted by atomic mass is 19.1. The van der Waals surface area contributed by atoms with Crippen LogP contribution in [0.15, 0.2) is 42.6 Å². The first-order valence-corrected chi connectivity index (χ1v) is 11.6. The number of aliphatic hydroxyl groups is 2. The number of aromatic nitrogens is 2. The summed E-state index contributed by atoms with van der Waals surface area (Å²) in [4.78, 5) is 21.4. The number of nitrogens with zero attached hydrogens (tertiary/aromatic N) is 2. The Bertz CT molecular complexity index is 1250. The number of rotatable bonds is 6. The summed E-state index contributed by atoms with van der Waals surface area (Å²) in [5.41, 5.74) is 7.63. The lowest BCUT2D eigenvalue weighted by Crippen LogP contribution is -2.31. The zero-order valence-electron chi connectivity index (χ0n) is 19.6. The van der Waals surface area contributed by atoms with Gasteiger partial charge >= 0.3 is 0 Å². The smallest absolute Gasteiger partial charge is 0.254 e. The van der Waals surface area contributed by atoms with Crippen LogP contribution in [0.1, 0.15) is 58.4 Å². The predicted octanol–water partition coefficient (Wildman–Crippen LogP) is 3.74. The molecule has 36 heavy (non-hydrogen) atoms. The number of hydrogen-bond donors (Lipinski definition) is 4. The molecule has 1 aliphatic carbocycles. The van der Waals surface area contributed by atoms with Gasteiger partial charge in [0.25, 0.3) is 5.91 Å². The molecule has 0 spiro atoms. The van der Waals surface area contributed by atoms with Crippen molar-refractivity contribution in [1.29, 1.82) is 0 Å². The number of anilines is 1. The second-order valence-corrected chi connectivity index (χ2v) is 9.09. The fourth-order valence-electron chi connectivity index (χ4n) is 4.47. The minimum Gasteiger partial charge on any atom is -0.394 e. The van der Waals surface area contributed by atoms with E-state index in [0.717, 1.165) is 6.07 Å². The number of nitrogens with two attached hydrogens (primary N) is 1. The van der Waals surface area contributed by atoms with Gasteiger partial charge in [-0.2, -0.15) is 0 Å². The van der Waals surface area contributed by atoms with Gasteiger partial charge in [-0.05, 0) is 61.6 Å². The fourth-order valence-corrected chi connectivity index (χ4v) is 4.47. The van der Waals surface area contributed by atoms with Gasteiger partial charge in [0, 0.05) is 11.5 Å². The third kappa shape index (κ3) is 5.50. The summed E-state index contributed by atoms with van der Waals surface area (Å²) in [6.07, 6.45) is 0.0322. The van der Waals surface area contributed by atoms with Gasteiger partial charge in [0.1, 0.15) is 29.3 Å². The second kappa shape index (κ2) is 10.6. The van der Waals surface area contributed by atoms with Gasteiger partial charge in [-0.15, -0.1) is 0 Å². The SMILES string of the molecule is Cc1cc(F)cc(C(CO)NC(=O)c2ccc(-c3nc(C4CCC(O)C(F)C4)cnc3N)cc2F)c1. The molecule has 0 saturated heterocycles. The topological polar surface area (TPSA) is 121 Å². The third-order valence-electron chi connectivity index (χ3n) is 6.42. The van der Waals surface area contributed by atoms with Crippen molar-refractivity contribution >= 4 is 11.7 Å². The van der Waals surface area contributed by atoms with E-state index in [4.69, 9.17) is 5.73 Å². The number of nitrogen functional groups attached to an aromatic ring is 1. The van der Waals surface area contributed by atoms with Crippen LogP contribution in [0.4, 0.5) is 19.0 Å². The molecule has 1 aromatic heterocycles. The lowest BCUT2D eigenvalue weighted by molar-refractivity contribution is 0.0363. The summed E-state index contributed by atoms with van der Waals surface area (Å²) in [7, 11) is 0. The number of carbonyl (C=O) groups excluding carboxylic acids is 1. The van der Waals surface area contributed by atoms with Crippen molar-refractivity contribution < 1.29 is 28.2 Å². The molecule has 5 N–H and O–H groups in total. The molecule has 0 aliphatic heterocycles. The van der Waals surface area contributed by atoms with Crippen LogP contribution in [0, 0.1) is 18.6 Å². The Morgan fingerprint density at radius 2 is 2.00 bits per heavy atom. The van der Waals surface area contributed by atoms with E-state index in [-0.39, 0.29) is 35.0 Å². The predicted molar refractivity (Wildman–Crippen MR) is 128 cm³/mol. The monoisotopic (exact) mass is 500 g/mol. The molecular weight excluding hydrogens is 473 g/mol. The Hall–Kier alpha value is -3.50. The molecule has 3 aromatic rings. The number of alkyl halides is 1. The number of halogens is 3. The van der Waals surface area contributed by atoms with Crippen molar-refractivity contribution in [2.24, 2.45) is 0 Å². The zero-order valence-corrected chi connectivity index (χ0v) is 19.6. The Morgan fingerprint density at radius 3 is 2.67 bits per heavy atom. The van der Waals surface area contributed by atoms with Crippen LogP contribution in [0.5, 0.6) is 0 Å². The summed E-state index contributed by atoms with van der Waals surface area (Å²) < 4.78 is 42.8. The first-order valence-electron chi connectivity index (χ1n) is 11.6. The Balaban J connectivity index is 1.56. The van der Waals surface area contributed by atoms with Gasteiger partial charge in [-0.25, -0.2) is 23.1 Å². The van der Waals surface area contributed by atoms with Crippen LogP contribution in [0.25, 0.3) is 11.3 Å². The van der Waals surface area contributed by atoms with Crippen molar-refractivity contribution in [2.75, 3.05) is 12.3 Å². The largest absolute Gasteiger partial charge is 0.394 e. The maximum Gasteiger partial charge on any atom is 0.254 e. The average Bonchev–Trinajstić information content (AvgIpc) is 2.83. The molecule has 190 valence electrons. The van der Waals surface area contributed by atoms with Gasteiger partial charge in [0.15, 0.2) is 0 Å². The standard InChI is InChI=1S/C26H27F3N4O3/c1-13-6-16(8-17(27)7-13)22(12-34)33-26(36)18-4-2-15(10-19(18)28)24-25(30)31-11-21(32-24)14-3-5-23(35)20(29)9-14/h2,4,6-8,10-11,14,20,22-23,34-35H,3,5,9,12H2,1H3,(H2,30,31)(H,33,36). The van der Waals surface area contributed by atoms with E-state index in [2.05, 4.69) is 15.3 Å². The van der Waals surface area contributed by atoms with Gasteiger partial charge in [0.2, 0.25) is 0 Å². The van der Waals surface area contributed by atoms with Crippen molar-refractivity contribution in [2.45, 2.75) is 50.4 Å². The van der Waals surface area contributed by atoms with Crippen LogP contribution < -0.4 is 11.1 Å². The van der Waals surface area contributed by atoms with Crippen molar-refractivity contribution in [1.82, 2.24) is 15.3 Å². The van der Waals surface area contributed by atoms with Crippen LogP contribution in [0.3, 0.4) is 0 Å². The third-order valence-corrected chi connectivity index (χ3v) is 6.42. The van der Waals surface area contributed by atoms with Crippen molar-refractivity contribution in [3.8, 4) is 11.3 Å². The Kier molecular flexibility index (Phi) is 7.56. The van der Waals surface area contributed by atoms with E-state index in [1.807, 2.05) is 0 Å². The number of hydrogen-bond acceptors (Lipinski definition) is 6. The van der Waals surface area contributed by atoms with Crippen LogP contribution >= 0.6 is 0 Å². The first kappa shape index (κ1) is 25.6. The highest BCUT2D eigenvalue weighted by molar-refractivity contribution is 5.95. The minimum absolute atomic E-state index is 0.0461. The lowest BCUT2D eigenvalue weighted by atomic mass is 9.84. The maximum atomic E-state index is 15.0. The van der Waals surface area contributed by atoms with Crippen molar-refractivity contribution in [3.05, 3.63) is 76.6 Å². The van der Waals surface area contributed by atoms with Crippen molar-refractivity contribution in [3.63, 3.8) is 0 Å². The number of aryl methyl sites for hydroxylation is 1. The molecular formula is C26H27F3N4O3. The fraction of sp³-hybridized carbons (Fsp3) is 0.346. The summed E-state index contributed by atoms with van der Waals surface area (Å²) in [6, 6.07) is 7.02. The molecule has 1 aliphatic rings. The molecule has 1 amide bonds. The Labute approximate surface area is 206 Å². The molecule has 4 unspecified atom stereocenters. The number of carbonyl (C=O) groups is 1. The molecule has 10 heteroatoms. The molecule has 1 fully saturated rings. The molecule has 1 heterocycles. The molecule has 4 atom stereocenters. The van der Waals surface area contributed by atoms with E-state index in [9.17, 15) is 23.8 Å².